The van der Waals surface area contributed by atoms with Crippen molar-refractivity contribution in [2.45, 2.75) is 11.3 Å². The molecule has 1 aromatic rings. The summed E-state index contributed by atoms with van der Waals surface area (Å²) in [4.78, 5) is 14.4. The van der Waals surface area contributed by atoms with Crippen LogP contribution in [-0.4, -0.2) is 62.8 Å². The van der Waals surface area contributed by atoms with Gasteiger partial charge < -0.3 is 10.2 Å². The Kier molecular flexibility index (Phi) is 6.02. The van der Waals surface area contributed by atoms with Gasteiger partial charge in [0.2, 0.25) is 15.9 Å². The van der Waals surface area contributed by atoms with Crippen molar-refractivity contribution in [1.82, 2.24) is 14.5 Å². The third kappa shape index (κ3) is 3.85. The summed E-state index contributed by atoms with van der Waals surface area (Å²) in [5, 5.41) is 3.10. The largest absolute Gasteiger partial charge is 0.341 e. The zero-order chi connectivity index (χ0) is 15.6. The van der Waals surface area contributed by atoms with Crippen molar-refractivity contribution in [2.75, 3.05) is 39.3 Å². The highest BCUT2D eigenvalue weighted by atomic mass is 35.5. The number of benzene rings is 1. The maximum absolute atomic E-state index is 12.6. The first-order valence-corrected chi connectivity index (χ1v) is 9.08. The van der Waals surface area contributed by atoms with Crippen LogP contribution in [0.3, 0.4) is 0 Å². The van der Waals surface area contributed by atoms with E-state index in [0.29, 0.717) is 37.5 Å². The zero-order valence-corrected chi connectivity index (χ0v) is 14.5. The Bertz CT molecular complexity index is 635. The summed E-state index contributed by atoms with van der Waals surface area (Å²) >= 11 is 0. The van der Waals surface area contributed by atoms with Crippen molar-refractivity contribution in [1.29, 1.82) is 0 Å². The van der Waals surface area contributed by atoms with Gasteiger partial charge >= 0.3 is 0 Å². The van der Waals surface area contributed by atoms with E-state index in [1.165, 1.54) is 4.31 Å². The molecular weight excluding hydrogens is 338 g/mol. The minimum atomic E-state index is -3.46. The molecule has 2 aliphatic heterocycles. The fourth-order valence-electron chi connectivity index (χ4n) is 2.82. The molecule has 23 heavy (non-hydrogen) atoms. The van der Waals surface area contributed by atoms with E-state index in [-0.39, 0.29) is 24.2 Å². The SMILES string of the molecule is Cl.O=C(C1CNC1)N1CCCN(S(=O)(=O)c2ccccc2)CC1. The predicted octanol–water partition coefficient (Wildman–Crippen LogP) is 0.551. The molecule has 0 saturated carbocycles. The number of carbonyl (C=O) groups excluding carboxylic acids is 1. The van der Waals surface area contributed by atoms with Crippen molar-refractivity contribution in [2.24, 2.45) is 5.92 Å². The van der Waals surface area contributed by atoms with E-state index in [9.17, 15) is 13.2 Å². The first-order chi connectivity index (χ1) is 10.6. The van der Waals surface area contributed by atoms with Gasteiger partial charge in [0.1, 0.15) is 0 Å². The summed E-state index contributed by atoms with van der Waals surface area (Å²) in [6.45, 7) is 3.41. The molecule has 0 atom stereocenters. The smallest absolute Gasteiger partial charge is 0.243 e. The molecule has 2 fully saturated rings. The number of nitrogens with zero attached hydrogens (tertiary/aromatic N) is 2. The topological polar surface area (TPSA) is 69.7 Å². The normalized spacial score (nSPS) is 20.3. The Balaban J connectivity index is 0.00000192. The fourth-order valence-corrected chi connectivity index (χ4v) is 4.31. The number of carbonyl (C=O) groups is 1. The summed E-state index contributed by atoms with van der Waals surface area (Å²) in [5.74, 6) is 0.218. The molecule has 128 valence electrons. The first kappa shape index (κ1) is 18.2. The maximum atomic E-state index is 12.6. The number of amides is 1. The molecule has 1 amide bonds. The fraction of sp³-hybridized carbons (Fsp3) is 0.533. The van der Waals surface area contributed by atoms with Gasteiger partial charge in [-0.3, -0.25) is 4.79 Å². The molecule has 0 unspecified atom stereocenters. The maximum Gasteiger partial charge on any atom is 0.243 e. The van der Waals surface area contributed by atoms with Gasteiger partial charge in [0.25, 0.3) is 0 Å². The number of nitrogens with one attached hydrogen (secondary N) is 1. The van der Waals surface area contributed by atoms with Crippen molar-refractivity contribution < 1.29 is 13.2 Å². The second kappa shape index (κ2) is 7.61. The van der Waals surface area contributed by atoms with Gasteiger partial charge in [-0.1, -0.05) is 18.2 Å². The molecule has 0 bridgehead atoms. The molecule has 0 aromatic heterocycles. The van der Waals surface area contributed by atoms with Gasteiger partial charge in [-0.25, -0.2) is 8.42 Å². The Morgan fingerprint density at radius 2 is 1.74 bits per heavy atom. The second-order valence-electron chi connectivity index (χ2n) is 5.75. The van der Waals surface area contributed by atoms with Crippen LogP contribution in [0.2, 0.25) is 0 Å². The molecule has 8 heteroatoms. The van der Waals surface area contributed by atoms with Crippen LogP contribution in [0.15, 0.2) is 35.2 Å². The van der Waals surface area contributed by atoms with Gasteiger partial charge in [-0.15, -0.1) is 12.4 Å². The highest BCUT2D eigenvalue weighted by molar-refractivity contribution is 7.89. The molecule has 2 aliphatic rings. The summed E-state index contributed by atoms with van der Waals surface area (Å²) in [6, 6.07) is 8.48. The number of hydrogen-bond donors (Lipinski definition) is 1. The lowest BCUT2D eigenvalue weighted by Crippen LogP contribution is -2.52. The van der Waals surface area contributed by atoms with Crippen LogP contribution in [0.1, 0.15) is 6.42 Å². The van der Waals surface area contributed by atoms with Crippen LogP contribution in [0.25, 0.3) is 0 Å². The van der Waals surface area contributed by atoms with E-state index in [2.05, 4.69) is 5.32 Å². The van der Waals surface area contributed by atoms with Gasteiger partial charge in [-0.2, -0.15) is 4.31 Å². The van der Waals surface area contributed by atoms with Gasteiger partial charge in [0.05, 0.1) is 10.8 Å². The molecule has 2 saturated heterocycles. The lowest BCUT2D eigenvalue weighted by molar-refractivity contribution is -0.136. The highest BCUT2D eigenvalue weighted by Crippen LogP contribution is 2.18. The van der Waals surface area contributed by atoms with E-state index in [0.717, 1.165) is 13.1 Å². The summed E-state index contributed by atoms with van der Waals surface area (Å²) < 4.78 is 26.8. The molecular formula is C15H22ClN3O3S. The Morgan fingerprint density at radius 3 is 2.35 bits per heavy atom. The van der Waals surface area contributed by atoms with Gasteiger partial charge in [0.15, 0.2) is 0 Å². The minimum Gasteiger partial charge on any atom is -0.341 e. The van der Waals surface area contributed by atoms with Crippen LogP contribution in [0, 0.1) is 5.92 Å². The van der Waals surface area contributed by atoms with E-state index in [4.69, 9.17) is 0 Å². The van der Waals surface area contributed by atoms with Crippen LogP contribution in [0.4, 0.5) is 0 Å². The van der Waals surface area contributed by atoms with E-state index in [1.807, 2.05) is 4.90 Å². The van der Waals surface area contributed by atoms with E-state index in [1.54, 1.807) is 30.3 Å². The molecule has 0 aliphatic carbocycles. The zero-order valence-electron chi connectivity index (χ0n) is 12.8. The Labute approximate surface area is 143 Å². The third-order valence-corrected chi connectivity index (χ3v) is 6.19. The summed E-state index contributed by atoms with van der Waals surface area (Å²) in [5.41, 5.74) is 0. The van der Waals surface area contributed by atoms with Crippen molar-refractivity contribution in [3.8, 4) is 0 Å². The minimum absolute atomic E-state index is 0. The van der Waals surface area contributed by atoms with E-state index >= 15 is 0 Å². The predicted molar refractivity (Wildman–Crippen MR) is 90.0 cm³/mol. The number of halogens is 1. The standard InChI is InChI=1S/C15H21N3O3S.ClH/c19-15(13-11-16-12-13)17-7-4-8-18(10-9-17)22(20,21)14-5-2-1-3-6-14;/h1-3,5-6,13,16H,4,7-12H2;1H. The lowest BCUT2D eigenvalue weighted by Gasteiger charge is -2.31. The van der Waals surface area contributed by atoms with Gasteiger partial charge in [-0.05, 0) is 18.6 Å². The molecule has 0 radical (unpaired) electrons. The van der Waals surface area contributed by atoms with Crippen LogP contribution < -0.4 is 5.32 Å². The number of rotatable bonds is 3. The van der Waals surface area contributed by atoms with Gasteiger partial charge in [0, 0.05) is 39.3 Å². The Morgan fingerprint density at radius 1 is 1.04 bits per heavy atom. The molecule has 2 heterocycles. The first-order valence-electron chi connectivity index (χ1n) is 7.64. The molecule has 3 rings (SSSR count). The lowest BCUT2D eigenvalue weighted by atomic mass is 10.0. The second-order valence-corrected chi connectivity index (χ2v) is 7.69. The molecule has 1 aromatic carbocycles. The third-order valence-electron chi connectivity index (χ3n) is 4.28. The quantitative estimate of drug-likeness (QED) is 0.855. The average Bonchev–Trinajstić information content (AvgIpc) is 2.72. The van der Waals surface area contributed by atoms with Crippen molar-refractivity contribution in [3.05, 3.63) is 30.3 Å². The van der Waals surface area contributed by atoms with E-state index < -0.39 is 10.0 Å². The number of sulfonamides is 1. The van der Waals surface area contributed by atoms with Crippen LogP contribution in [0.5, 0.6) is 0 Å². The molecule has 0 spiro atoms. The van der Waals surface area contributed by atoms with Crippen molar-refractivity contribution in [3.63, 3.8) is 0 Å². The monoisotopic (exact) mass is 359 g/mol. The summed E-state index contributed by atoms with van der Waals surface area (Å²) in [6.07, 6.45) is 0.679. The number of hydrogen-bond acceptors (Lipinski definition) is 4. The highest BCUT2D eigenvalue weighted by Gasteiger charge is 2.32. The Hall–Kier alpha value is -1.15. The van der Waals surface area contributed by atoms with Crippen LogP contribution >= 0.6 is 12.4 Å². The molecule has 1 N–H and O–H groups in total. The van der Waals surface area contributed by atoms with Crippen LogP contribution in [-0.2, 0) is 14.8 Å². The summed E-state index contributed by atoms with van der Waals surface area (Å²) in [7, 11) is -3.46. The average molecular weight is 360 g/mol. The van der Waals surface area contributed by atoms with Crippen molar-refractivity contribution >= 4 is 28.3 Å². The molecule has 6 nitrogen and oxygen atoms in total.